The number of carbonyl (C=O) groups is 2. The number of rotatable bonds is 6. The summed E-state index contributed by atoms with van der Waals surface area (Å²) in [7, 11) is 1.62. The molecule has 1 aliphatic carbocycles. The van der Waals surface area contributed by atoms with Gasteiger partial charge in [0.05, 0.1) is 12.0 Å². The van der Waals surface area contributed by atoms with Crippen LogP contribution in [-0.4, -0.2) is 35.0 Å². The van der Waals surface area contributed by atoms with Gasteiger partial charge in [-0.1, -0.05) is 12.1 Å². The maximum Gasteiger partial charge on any atom is 0.345 e. The van der Waals surface area contributed by atoms with Crippen LogP contribution >= 0.6 is 11.3 Å². The Morgan fingerprint density at radius 2 is 1.83 bits per heavy atom. The van der Waals surface area contributed by atoms with Crippen molar-refractivity contribution < 1.29 is 19.4 Å². The Morgan fingerprint density at radius 3 is 2.35 bits per heavy atom. The molecule has 5 nitrogen and oxygen atoms in total. The first-order valence-corrected chi connectivity index (χ1v) is 8.17. The van der Waals surface area contributed by atoms with Gasteiger partial charge in [-0.05, 0) is 42.7 Å². The molecule has 0 spiro atoms. The van der Waals surface area contributed by atoms with E-state index in [1.165, 1.54) is 6.07 Å². The van der Waals surface area contributed by atoms with Gasteiger partial charge in [-0.3, -0.25) is 4.79 Å². The standard InChI is InChI=1S/C17H17NO4S/c1-22-13-6-2-11(3-7-13)10-18(12-4-5-12)16(19)14-8-9-15(23-14)17(20)21/h2-3,6-9,12H,4-5,10H2,1H3,(H,20,21). The molecule has 1 aromatic carbocycles. The van der Waals surface area contributed by atoms with Crippen LogP contribution in [0, 0.1) is 0 Å². The maximum atomic E-state index is 12.7. The molecule has 1 amide bonds. The molecule has 1 N–H and O–H groups in total. The maximum absolute atomic E-state index is 12.7. The van der Waals surface area contributed by atoms with Gasteiger partial charge < -0.3 is 14.7 Å². The fourth-order valence-electron chi connectivity index (χ4n) is 2.39. The number of aromatic carboxylic acids is 1. The zero-order valence-electron chi connectivity index (χ0n) is 12.7. The smallest absolute Gasteiger partial charge is 0.345 e. The molecular weight excluding hydrogens is 314 g/mol. The van der Waals surface area contributed by atoms with Crippen molar-refractivity contribution in [3.05, 3.63) is 51.7 Å². The Morgan fingerprint density at radius 1 is 1.17 bits per heavy atom. The normalized spacial score (nSPS) is 13.6. The number of carboxylic acid groups (broad SMARTS) is 1. The molecule has 1 aliphatic rings. The molecule has 23 heavy (non-hydrogen) atoms. The number of carbonyl (C=O) groups excluding carboxylic acids is 1. The molecule has 0 aliphatic heterocycles. The number of amides is 1. The molecule has 0 atom stereocenters. The Kier molecular flexibility index (Phi) is 4.34. The number of thiophene rings is 1. The summed E-state index contributed by atoms with van der Waals surface area (Å²) < 4.78 is 5.14. The molecule has 2 aromatic rings. The van der Waals surface area contributed by atoms with E-state index < -0.39 is 5.97 Å². The van der Waals surface area contributed by atoms with Crippen molar-refractivity contribution in [3.8, 4) is 5.75 Å². The molecule has 0 saturated heterocycles. The highest BCUT2D eigenvalue weighted by Crippen LogP contribution is 2.31. The average Bonchev–Trinajstić information content (AvgIpc) is 3.27. The van der Waals surface area contributed by atoms with Gasteiger partial charge in [0, 0.05) is 12.6 Å². The van der Waals surface area contributed by atoms with Crippen LogP contribution in [0.2, 0.25) is 0 Å². The SMILES string of the molecule is COc1ccc(CN(C(=O)c2ccc(C(=O)O)s2)C2CC2)cc1. The van der Waals surface area contributed by atoms with E-state index >= 15 is 0 Å². The second-order valence-electron chi connectivity index (χ2n) is 5.48. The lowest BCUT2D eigenvalue weighted by atomic mass is 10.2. The van der Waals surface area contributed by atoms with E-state index in [2.05, 4.69) is 0 Å². The largest absolute Gasteiger partial charge is 0.497 e. The van der Waals surface area contributed by atoms with Crippen LogP contribution in [0.15, 0.2) is 36.4 Å². The molecule has 6 heteroatoms. The Labute approximate surface area is 138 Å². The summed E-state index contributed by atoms with van der Waals surface area (Å²) >= 11 is 1.03. The second kappa shape index (κ2) is 6.42. The van der Waals surface area contributed by atoms with E-state index in [4.69, 9.17) is 9.84 Å². The third-order valence-electron chi connectivity index (χ3n) is 3.79. The van der Waals surface area contributed by atoms with Crippen LogP contribution in [-0.2, 0) is 6.54 Å². The minimum Gasteiger partial charge on any atom is -0.497 e. The van der Waals surface area contributed by atoms with Crippen molar-refractivity contribution in [2.45, 2.75) is 25.4 Å². The van der Waals surface area contributed by atoms with Crippen LogP contribution in [0.1, 0.15) is 37.7 Å². The quantitative estimate of drug-likeness (QED) is 0.882. The van der Waals surface area contributed by atoms with Crippen molar-refractivity contribution in [3.63, 3.8) is 0 Å². The second-order valence-corrected chi connectivity index (χ2v) is 6.57. The zero-order chi connectivity index (χ0) is 16.4. The van der Waals surface area contributed by atoms with Crippen LogP contribution in [0.3, 0.4) is 0 Å². The first-order chi connectivity index (χ1) is 11.1. The highest BCUT2D eigenvalue weighted by molar-refractivity contribution is 7.15. The average molecular weight is 331 g/mol. The minimum absolute atomic E-state index is 0.0965. The summed E-state index contributed by atoms with van der Waals surface area (Å²) in [5.74, 6) is -0.314. The predicted molar refractivity (Wildman–Crippen MR) is 87.2 cm³/mol. The van der Waals surface area contributed by atoms with Crippen LogP contribution in [0.4, 0.5) is 0 Å². The van der Waals surface area contributed by atoms with Crippen LogP contribution in [0.5, 0.6) is 5.75 Å². The molecular formula is C17H17NO4S. The number of nitrogens with zero attached hydrogens (tertiary/aromatic N) is 1. The molecule has 1 heterocycles. The summed E-state index contributed by atoms with van der Waals surface area (Å²) in [4.78, 5) is 26.2. The lowest BCUT2D eigenvalue weighted by molar-refractivity contribution is 0.0700. The van der Waals surface area contributed by atoms with Crippen LogP contribution in [0.25, 0.3) is 0 Å². The van der Waals surface area contributed by atoms with Crippen molar-refractivity contribution in [1.29, 1.82) is 0 Å². The highest BCUT2D eigenvalue weighted by atomic mass is 32.1. The number of hydrogen-bond acceptors (Lipinski definition) is 4. The highest BCUT2D eigenvalue weighted by Gasteiger charge is 2.33. The first kappa shape index (κ1) is 15.6. The van der Waals surface area contributed by atoms with Gasteiger partial charge >= 0.3 is 5.97 Å². The van der Waals surface area contributed by atoms with Gasteiger partial charge in [-0.15, -0.1) is 11.3 Å². The van der Waals surface area contributed by atoms with E-state index in [-0.39, 0.29) is 16.8 Å². The number of methoxy groups -OCH3 is 1. The number of hydrogen-bond donors (Lipinski definition) is 1. The fraction of sp³-hybridized carbons (Fsp3) is 0.294. The molecule has 0 bridgehead atoms. The third kappa shape index (κ3) is 3.53. The first-order valence-electron chi connectivity index (χ1n) is 7.35. The van der Waals surface area contributed by atoms with E-state index in [9.17, 15) is 9.59 Å². The number of benzene rings is 1. The Bertz CT molecular complexity index is 718. The van der Waals surface area contributed by atoms with Crippen molar-refractivity contribution >= 4 is 23.2 Å². The summed E-state index contributed by atoms with van der Waals surface area (Å²) in [6, 6.07) is 11.0. The molecule has 120 valence electrons. The van der Waals surface area contributed by atoms with E-state index in [0.717, 1.165) is 35.5 Å². The van der Waals surface area contributed by atoms with Crippen molar-refractivity contribution in [2.75, 3.05) is 7.11 Å². The van der Waals surface area contributed by atoms with Crippen LogP contribution < -0.4 is 4.74 Å². The van der Waals surface area contributed by atoms with Gasteiger partial charge in [0.25, 0.3) is 5.91 Å². The summed E-state index contributed by atoms with van der Waals surface area (Å²) in [5.41, 5.74) is 1.03. The Hall–Kier alpha value is -2.34. The molecule has 1 fully saturated rings. The van der Waals surface area contributed by atoms with Crippen molar-refractivity contribution in [1.82, 2.24) is 4.90 Å². The van der Waals surface area contributed by atoms with E-state index in [1.54, 1.807) is 13.2 Å². The third-order valence-corrected chi connectivity index (χ3v) is 4.85. The Balaban J connectivity index is 1.77. The molecule has 1 aromatic heterocycles. The molecule has 1 saturated carbocycles. The molecule has 0 unspecified atom stereocenters. The zero-order valence-corrected chi connectivity index (χ0v) is 13.5. The fourth-order valence-corrected chi connectivity index (χ4v) is 3.19. The van der Waals surface area contributed by atoms with Gasteiger partial charge in [-0.25, -0.2) is 4.79 Å². The van der Waals surface area contributed by atoms with Gasteiger partial charge in [0.15, 0.2) is 0 Å². The minimum atomic E-state index is -0.998. The van der Waals surface area contributed by atoms with Gasteiger partial charge in [-0.2, -0.15) is 0 Å². The summed E-state index contributed by atoms with van der Waals surface area (Å²) in [6.45, 7) is 0.522. The van der Waals surface area contributed by atoms with Gasteiger partial charge in [0.1, 0.15) is 10.6 Å². The molecule has 3 rings (SSSR count). The van der Waals surface area contributed by atoms with Crippen molar-refractivity contribution in [2.24, 2.45) is 0 Å². The van der Waals surface area contributed by atoms with E-state index in [1.807, 2.05) is 29.2 Å². The molecule has 0 radical (unpaired) electrons. The number of carboxylic acids is 1. The predicted octanol–water partition coefficient (Wildman–Crippen LogP) is 3.26. The lowest BCUT2D eigenvalue weighted by Crippen LogP contribution is -2.32. The van der Waals surface area contributed by atoms with E-state index in [0.29, 0.717) is 11.4 Å². The summed E-state index contributed by atoms with van der Waals surface area (Å²) in [6.07, 6.45) is 2.00. The lowest BCUT2D eigenvalue weighted by Gasteiger charge is -2.22. The van der Waals surface area contributed by atoms with Gasteiger partial charge in [0.2, 0.25) is 0 Å². The monoisotopic (exact) mass is 331 g/mol. The topological polar surface area (TPSA) is 66.8 Å². The summed E-state index contributed by atoms with van der Waals surface area (Å²) in [5, 5.41) is 9.00. The number of ether oxygens (including phenoxy) is 1.